The second-order valence-corrected chi connectivity index (χ2v) is 5.25. The minimum Gasteiger partial charge on any atom is -0.496 e. The number of aliphatic hydroxyl groups excluding tert-OH is 1. The van der Waals surface area contributed by atoms with Gasteiger partial charge in [-0.25, -0.2) is 0 Å². The zero-order valence-corrected chi connectivity index (χ0v) is 12.9. The molecule has 0 aliphatic carbocycles. The van der Waals surface area contributed by atoms with Crippen molar-refractivity contribution in [1.29, 1.82) is 0 Å². The van der Waals surface area contributed by atoms with Gasteiger partial charge >= 0.3 is 0 Å². The Hall–Kier alpha value is -1.06. The molecule has 0 aliphatic rings. The minimum atomic E-state index is 0.268. The summed E-state index contributed by atoms with van der Waals surface area (Å²) in [6.45, 7) is 8.68. The molecule has 0 heterocycles. The van der Waals surface area contributed by atoms with E-state index in [1.807, 2.05) is 0 Å². The van der Waals surface area contributed by atoms with E-state index >= 15 is 0 Å². The highest BCUT2D eigenvalue weighted by Gasteiger charge is 2.11. The van der Waals surface area contributed by atoms with Crippen LogP contribution in [-0.2, 0) is 6.42 Å². The molecule has 0 radical (unpaired) electrons. The van der Waals surface area contributed by atoms with Crippen molar-refractivity contribution in [1.82, 2.24) is 4.90 Å². The Morgan fingerprint density at radius 2 is 1.84 bits per heavy atom. The van der Waals surface area contributed by atoms with Crippen molar-refractivity contribution in [3.63, 3.8) is 0 Å². The summed E-state index contributed by atoms with van der Waals surface area (Å²) in [5.74, 6) is 0.979. The van der Waals surface area contributed by atoms with Gasteiger partial charge in [0.05, 0.1) is 7.11 Å². The Balaban J connectivity index is 2.76. The van der Waals surface area contributed by atoms with Gasteiger partial charge in [0.15, 0.2) is 0 Å². The number of hydrogen-bond acceptors (Lipinski definition) is 3. The molecule has 19 heavy (non-hydrogen) atoms. The van der Waals surface area contributed by atoms with Crippen molar-refractivity contribution in [2.45, 2.75) is 33.6 Å². The number of rotatable bonds is 7. The smallest absolute Gasteiger partial charge is 0.122 e. The molecule has 0 saturated carbocycles. The molecule has 108 valence electrons. The van der Waals surface area contributed by atoms with Crippen LogP contribution in [-0.4, -0.2) is 43.9 Å². The van der Waals surface area contributed by atoms with Gasteiger partial charge in [0, 0.05) is 19.7 Å². The van der Waals surface area contributed by atoms with E-state index in [-0.39, 0.29) is 6.61 Å². The van der Waals surface area contributed by atoms with Gasteiger partial charge in [-0.1, -0.05) is 0 Å². The van der Waals surface area contributed by atoms with E-state index in [1.54, 1.807) is 7.11 Å². The summed E-state index contributed by atoms with van der Waals surface area (Å²) in [7, 11) is 3.83. The van der Waals surface area contributed by atoms with Crippen LogP contribution in [0.5, 0.6) is 5.75 Å². The first-order valence-corrected chi connectivity index (χ1v) is 6.94. The third kappa shape index (κ3) is 4.22. The maximum atomic E-state index is 8.84. The van der Waals surface area contributed by atoms with Crippen LogP contribution >= 0.6 is 0 Å². The largest absolute Gasteiger partial charge is 0.496 e. The summed E-state index contributed by atoms with van der Waals surface area (Å²) in [5, 5.41) is 8.84. The molecular weight excluding hydrogens is 238 g/mol. The van der Waals surface area contributed by atoms with Crippen LogP contribution in [0.15, 0.2) is 6.07 Å². The fourth-order valence-corrected chi connectivity index (χ4v) is 2.45. The quantitative estimate of drug-likeness (QED) is 0.822. The zero-order chi connectivity index (χ0) is 14.4. The fraction of sp³-hybridized carbons (Fsp3) is 0.625. The van der Waals surface area contributed by atoms with Crippen LogP contribution in [0.1, 0.15) is 28.7 Å². The van der Waals surface area contributed by atoms with Crippen LogP contribution in [0, 0.1) is 20.8 Å². The number of likely N-dealkylation sites (N-methyl/N-ethyl adjacent to an activating group) is 1. The van der Waals surface area contributed by atoms with Crippen LogP contribution < -0.4 is 4.74 Å². The predicted octanol–water partition coefficient (Wildman–Crippen LogP) is 2.48. The summed E-state index contributed by atoms with van der Waals surface area (Å²) < 4.78 is 5.40. The highest BCUT2D eigenvalue weighted by atomic mass is 16.5. The second kappa shape index (κ2) is 7.51. The third-order valence-electron chi connectivity index (χ3n) is 3.87. The number of methoxy groups -OCH3 is 1. The molecule has 1 N–H and O–H groups in total. The second-order valence-electron chi connectivity index (χ2n) is 5.25. The standard InChI is InChI=1S/C16H27NO2/c1-12-11-16(19-5)14(3)13(2)15(12)7-9-17(4)8-6-10-18/h11,18H,6-10H2,1-5H3. The molecule has 0 amide bonds. The lowest BCUT2D eigenvalue weighted by Crippen LogP contribution is -2.23. The molecule has 3 nitrogen and oxygen atoms in total. The van der Waals surface area contributed by atoms with E-state index in [0.717, 1.165) is 31.7 Å². The first-order chi connectivity index (χ1) is 9.01. The Bertz CT molecular complexity index is 416. The van der Waals surface area contributed by atoms with E-state index in [2.05, 4.69) is 38.8 Å². The molecule has 1 aromatic rings. The normalized spacial score (nSPS) is 11.1. The molecular formula is C16H27NO2. The summed E-state index contributed by atoms with van der Waals surface area (Å²) in [6, 6.07) is 2.13. The Morgan fingerprint density at radius 3 is 2.42 bits per heavy atom. The topological polar surface area (TPSA) is 32.7 Å². The highest BCUT2D eigenvalue weighted by Crippen LogP contribution is 2.27. The highest BCUT2D eigenvalue weighted by molar-refractivity contribution is 5.48. The number of aliphatic hydroxyl groups is 1. The summed E-state index contributed by atoms with van der Waals surface area (Å²) >= 11 is 0. The SMILES string of the molecule is COc1cc(C)c(CCN(C)CCCO)c(C)c1C. The van der Waals surface area contributed by atoms with Crippen molar-refractivity contribution >= 4 is 0 Å². The molecule has 0 spiro atoms. The van der Waals surface area contributed by atoms with Crippen LogP contribution in [0.25, 0.3) is 0 Å². The molecule has 1 rings (SSSR count). The van der Waals surface area contributed by atoms with E-state index in [4.69, 9.17) is 9.84 Å². The van der Waals surface area contributed by atoms with Crippen molar-refractivity contribution in [2.24, 2.45) is 0 Å². The van der Waals surface area contributed by atoms with E-state index in [0.29, 0.717) is 0 Å². The molecule has 0 aliphatic heterocycles. The summed E-state index contributed by atoms with van der Waals surface area (Å²) in [6.07, 6.45) is 1.89. The Kier molecular flexibility index (Phi) is 6.32. The first-order valence-electron chi connectivity index (χ1n) is 6.94. The van der Waals surface area contributed by atoms with Gasteiger partial charge in [-0.3, -0.25) is 0 Å². The van der Waals surface area contributed by atoms with Crippen LogP contribution in [0.3, 0.4) is 0 Å². The van der Waals surface area contributed by atoms with Crippen LogP contribution in [0.4, 0.5) is 0 Å². The molecule has 0 saturated heterocycles. The van der Waals surface area contributed by atoms with Gasteiger partial charge < -0.3 is 14.7 Å². The van der Waals surface area contributed by atoms with Crippen LogP contribution in [0.2, 0.25) is 0 Å². The van der Waals surface area contributed by atoms with Gasteiger partial charge in [-0.2, -0.15) is 0 Å². The minimum absolute atomic E-state index is 0.268. The number of aryl methyl sites for hydroxylation is 1. The maximum Gasteiger partial charge on any atom is 0.122 e. The summed E-state index contributed by atoms with van der Waals surface area (Å²) in [5.41, 5.74) is 5.30. The monoisotopic (exact) mass is 265 g/mol. The molecule has 1 aromatic carbocycles. The van der Waals surface area contributed by atoms with Crippen molar-refractivity contribution in [3.05, 3.63) is 28.3 Å². The van der Waals surface area contributed by atoms with Gasteiger partial charge in [0.1, 0.15) is 5.75 Å². The number of benzene rings is 1. The van der Waals surface area contributed by atoms with Gasteiger partial charge in [0.25, 0.3) is 0 Å². The van der Waals surface area contributed by atoms with Crippen molar-refractivity contribution < 1.29 is 9.84 Å². The molecule has 3 heteroatoms. The zero-order valence-electron chi connectivity index (χ0n) is 12.9. The number of ether oxygens (including phenoxy) is 1. The molecule has 0 bridgehead atoms. The van der Waals surface area contributed by atoms with Gasteiger partial charge in [0.2, 0.25) is 0 Å². The molecule has 0 aromatic heterocycles. The molecule has 0 fully saturated rings. The van der Waals surface area contributed by atoms with Gasteiger partial charge in [-0.15, -0.1) is 0 Å². The predicted molar refractivity (Wildman–Crippen MR) is 80.1 cm³/mol. The molecule has 0 unspecified atom stereocenters. The average molecular weight is 265 g/mol. The van der Waals surface area contributed by atoms with E-state index in [9.17, 15) is 0 Å². The van der Waals surface area contributed by atoms with Crippen molar-refractivity contribution in [2.75, 3.05) is 33.9 Å². The lowest BCUT2D eigenvalue weighted by atomic mass is 9.95. The van der Waals surface area contributed by atoms with E-state index in [1.165, 1.54) is 22.3 Å². The summed E-state index contributed by atoms with van der Waals surface area (Å²) in [4.78, 5) is 2.27. The lowest BCUT2D eigenvalue weighted by molar-refractivity contribution is 0.248. The third-order valence-corrected chi connectivity index (χ3v) is 3.87. The molecule has 0 atom stereocenters. The average Bonchev–Trinajstić information content (AvgIpc) is 2.40. The Morgan fingerprint density at radius 1 is 1.16 bits per heavy atom. The maximum absolute atomic E-state index is 8.84. The number of hydrogen-bond donors (Lipinski definition) is 1. The van der Waals surface area contributed by atoms with Gasteiger partial charge in [-0.05, 0) is 69.0 Å². The fourth-order valence-electron chi connectivity index (χ4n) is 2.45. The Labute approximate surface area is 117 Å². The van der Waals surface area contributed by atoms with E-state index < -0.39 is 0 Å². The number of nitrogens with zero attached hydrogens (tertiary/aromatic N) is 1. The lowest BCUT2D eigenvalue weighted by Gasteiger charge is -2.20. The van der Waals surface area contributed by atoms with Crippen molar-refractivity contribution in [3.8, 4) is 5.75 Å². The first kappa shape index (κ1) is 16.0.